The first kappa shape index (κ1) is 22.7. The number of hydrogen-bond donors (Lipinski definition) is 2. The topological polar surface area (TPSA) is 98.1 Å². The first-order chi connectivity index (χ1) is 14.3. The van der Waals surface area contributed by atoms with E-state index in [1.807, 2.05) is 7.05 Å². The monoisotopic (exact) mass is 471 g/mol. The van der Waals surface area contributed by atoms with Crippen molar-refractivity contribution in [3.05, 3.63) is 34.5 Å². The highest BCUT2D eigenvalue weighted by Gasteiger charge is 2.29. The zero-order valence-electron chi connectivity index (χ0n) is 16.4. The SMILES string of the molecule is CN(CCC#N)[C@H]1CCCC[C@@H]1Nc1cc(F)c(S(=O)(=O)Nc2nccs2)cc1Cl. The third-order valence-electron chi connectivity index (χ3n) is 5.18. The predicted molar refractivity (Wildman–Crippen MR) is 117 cm³/mol. The highest BCUT2D eigenvalue weighted by molar-refractivity contribution is 7.93. The Hall–Kier alpha value is -1.93. The van der Waals surface area contributed by atoms with Crippen molar-refractivity contribution < 1.29 is 12.8 Å². The molecule has 30 heavy (non-hydrogen) atoms. The van der Waals surface area contributed by atoms with Gasteiger partial charge in [-0.25, -0.2) is 17.8 Å². The summed E-state index contributed by atoms with van der Waals surface area (Å²) < 4.78 is 42.0. The smallest absolute Gasteiger partial charge is 0.266 e. The van der Waals surface area contributed by atoms with E-state index in [2.05, 4.69) is 26.0 Å². The number of rotatable bonds is 8. The van der Waals surface area contributed by atoms with Crippen LogP contribution in [-0.4, -0.2) is 44.0 Å². The standard InChI is InChI=1S/C19H23ClFN5O2S2/c1-26(9-4-7-22)17-6-3-2-5-15(17)24-16-12-14(21)18(11-13(16)20)30(27,28)25-19-23-8-10-29-19/h8,10-12,15,17,24H,2-6,9H2,1H3,(H,23,25)/t15-,17-/m0/s1. The number of hydrogen-bond acceptors (Lipinski definition) is 7. The van der Waals surface area contributed by atoms with Crippen LogP contribution in [0.3, 0.4) is 0 Å². The Morgan fingerprint density at radius 1 is 1.40 bits per heavy atom. The fourth-order valence-corrected chi connectivity index (χ4v) is 5.85. The van der Waals surface area contributed by atoms with Gasteiger partial charge >= 0.3 is 0 Å². The molecule has 11 heteroatoms. The molecule has 1 aliphatic rings. The van der Waals surface area contributed by atoms with Gasteiger partial charge in [-0.1, -0.05) is 24.4 Å². The fourth-order valence-electron chi connectivity index (χ4n) is 3.69. The van der Waals surface area contributed by atoms with Gasteiger partial charge in [-0.15, -0.1) is 11.3 Å². The molecule has 0 aliphatic heterocycles. The number of sulfonamides is 1. The number of likely N-dealkylation sites (N-methyl/N-ethyl adjacent to an activating group) is 1. The van der Waals surface area contributed by atoms with Crippen molar-refractivity contribution in [3.8, 4) is 6.07 Å². The van der Waals surface area contributed by atoms with Crippen LogP contribution in [0.4, 0.5) is 15.2 Å². The molecule has 1 heterocycles. The van der Waals surface area contributed by atoms with E-state index in [0.29, 0.717) is 18.7 Å². The lowest BCUT2D eigenvalue weighted by atomic mass is 9.89. The van der Waals surface area contributed by atoms with Crippen molar-refractivity contribution in [2.45, 2.75) is 49.1 Å². The summed E-state index contributed by atoms with van der Waals surface area (Å²) in [6.07, 6.45) is 5.85. The number of halogens is 2. The summed E-state index contributed by atoms with van der Waals surface area (Å²) in [7, 11) is -2.17. The molecule has 0 bridgehead atoms. The predicted octanol–water partition coefficient (Wildman–Crippen LogP) is 4.30. The third kappa shape index (κ3) is 5.40. The molecule has 1 aromatic carbocycles. The van der Waals surface area contributed by atoms with E-state index in [-0.39, 0.29) is 22.2 Å². The van der Waals surface area contributed by atoms with Crippen molar-refractivity contribution >= 4 is 43.8 Å². The molecular formula is C19H23ClFN5O2S2. The Balaban J connectivity index is 1.80. The van der Waals surface area contributed by atoms with Crippen LogP contribution in [0.15, 0.2) is 28.6 Å². The average Bonchev–Trinajstić information content (AvgIpc) is 3.21. The largest absolute Gasteiger partial charge is 0.379 e. The van der Waals surface area contributed by atoms with Crippen LogP contribution >= 0.6 is 22.9 Å². The quantitative estimate of drug-likeness (QED) is 0.595. The Labute approximate surface area is 184 Å². The lowest BCUT2D eigenvalue weighted by Gasteiger charge is -2.38. The van der Waals surface area contributed by atoms with E-state index in [0.717, 1.165) is 49.2 Å². The van der Waals surface area contributed by atoms with Gasteiger partial charge in [0.05, 0.1) is 16.8 Å². The maximum Gasteiger partial charge on any atom is 0.266 e. The van der Waals surface area contributed by atoms with Gasteiger partial charge < -0.3 is 10.2 Å². The van der Waals surface area contributed by atoms with Crippen molar-refractivity contribution in [1.82, 2.24) is 9.88 Å². The van der Waals surface area contributed by atoms with Gasteiger partial charge in [0.1, 0.15) is 10.7 Å². The second kappa shape index (κ2) is 9.92. The zero-order valence-corrected chi connectivity index (χ0v) is 18.8. The average molecular weight is 472 g/mol. The second-order valence-corrected chi connectivity index (χ2v) is 10.1. The number of benzene rings is 1. The molecule has 1 aliphatic carbocycles. The van der Waals surface area contributed by atoms with Crippen LogP contribution in [0.1, 0.15) is 32.1 Å². The number of thiazole rings is 1. The summed E-state index contributed by atoms with van der Waals surface area (Å²) in [5, 5.41) is 14.0. The molecule has 1 fully saturated rings. The molecule has 0 amide bonds. The molecule has 2 aromatic rings. The Bertz CT molecular complexity index is 1010. The van der Waals surface area contributed by atoms with Crippen molar-refractivity contribution in [3.63, 3.8) is 0 Å². The number of aromatic nitrogens is 1. The van der Waals surface area contributed by atoms with Crippen LogP contribution in [-0.2, 0) is 10.0 Å². The van der Waals surface area contributed by atoms with E-state index >= 15 is 0 Å². The molecule has 0 radical (unpaired) electrons. The molecule has 1 aromatic heterocycles. The summed E-state index contributed by atoms with van der Waals surface area (Å²) >= 11 is 7.42. The Morgan fingerprint density at radius 3 is 2.87 bits per heavy atom. The highest BCUT2D eigenvalue weighted by atomic mass is 35.5. The Morgan fingerprint density at radius 2 is 2.17 bits per heavy atom. The van der Waals surface area contributed by atoms with E-state index < -0.39 is 20.7 Å². The second-order valence-electron chi connectivity index (χ2n) is 7.20. The van der Waals surface area contributed by atoms with Gasteiger partial charge in [0.25, 0.3) is 10.0 Å². The molecule has 162 valence electrons. The number of nitrogens with zero attached hydrogens (tertiary/aromatic N) is 3. The van der Waals surface area contributed by atoms with E-state index in [1.165, 1.54) is 6.20 Å². The van der Waals surface area contributed by atoms with Gasteiger partial charge in [0.15, 0.2) is 5.13 Å². The van der Waals surface area contributed by atoms with E-state index in [4.69, 9.17) is 16.9 Å². The minimum atomic E-state index is -4.15. The summed E-state index contributed by atoms with van der Waals surface area (Å²) in [5.41, 5.74) is 0.355. The fraction of sp³-hybridized carbons (Fsp3) is 0.474. The first-order valence-corrected chi connectivity index (χ1v) is 12.3. The highest BCUT2D eigenvalue weighted by Crippen LogP contribution is 2.32. The lowest BCUT2D eigenvalue weighted by Crippen LogP contribution is -2.47. The van der Waals surface area contributed by atoms with Gasteiger partial charge in [-0.05, 0) is 32.0 Å². The van der Waals surface area contributed by atoms with Crippen LogP contribution in [0.5, 0.6) is 0 Å². The maximum atomic E-state index is 14.7. The zero-order chi connectivity index (χ0) is 21.7. The molecule has 0 unspecified atom stereocenters. The normalized spacial score (nSPS) is 19.4. The van der Waals surface area contributed by atoms with Crippen LogP contribution in [0, 0.1) is 17.1 Å². The molecule has 1 saturated carbocycles. The van der Waals surface area contributed by atoms with Gasteiger partial charge in [0, 0.05) is 36.6 Å². The van der Waals surface area contributed by atoms with Gasteiger partial charge in [0.2, 0.25) is 0 Å². The lowest BCUT2D eigenvalue weighted by molar-refractivity contribution is 0.180. The third-order valence-corrected chi connectivity index (χ3v) is 7.66. The number of nitrogens with one attached hydrogen (secondary N) is 2. The molecule has 0 saturated heterocycles. The molecule has 7 nitrogen and oxygen atoms in total. The molecule has 2 atom stereocenters. The van der Waals surface area contributed by atoms with Crippen LogP contribution in [0.25, 0.3) is 0 Å². The van der Waals surface area contributed by atoms with Crippen molar-refractivity contribution in [2.75, 3.05) is 23.6 Å². The molecule has 3 rings (SSSR count). The van der Waals surface area contributed by atoms with Crippen LogP contribution < -0.4 is 10.0 Å². The molecule has 2 N–H and O–H groups in total. The molecular weight excluding hydrogens is 449 g/mol. The summed E-state index contributed by atoms with van der Waals surface area (Å²) in [5.74, 6) is -0.892. The minimum Gasteiger partial charge on any atom is -0.379 e. The number of anilines is 2. The number of nitriles is 1. The van der Waals surface area contributed by atoms with Gasteiger partial charge in [-0.3, -0.25) is 4.72 Å². The maximum absolute atomic E-state index is 14.7. The minimum absolute atomic E-state index is 0.0234. The summed E-state index contributed by atoms with van der Waals surface area (Å²) in [4.78, 5) is 5.47. The van der Waals surface area contributed by atoms with Crippen molar-refractivity contribution in [1.29, 1.82) is 5.26 Å². The van der Waals surface area contributed by atoms with E-state index in [9.17, 15) is 12.8 Å². The molecule has 0 spiro atoms. The van der Waals surface area contributed by atoms with Crippen LogP contribution in [0.2, 0.25) is 5.02 Å². The summed E-state index contributed by atoms with van der Waals surface area (Å²) in [6, 6.07) is 4.60. The Kier molecular flexibility index (Phi) is 7.52. The van der Waals surface area contributed by atoms with Gasteiger partial charge in [-0.2, -0.15) is 5.26 Å². The van der Waals surface area contributed by atoms with Crippen molar-refractivity contribution in [2.24, 2.45) is 0 Å². The van der Waals surface area contributed by atoms with E-state index in [1.54, 1.807) is 5.38 Å². The first-order valence-electron chi connectivity index (χ1n) is 9.57. The summed E-state index contributed by atoms with van der Waals surface area (Å²) in [6.45, 7) is 0.654.